The number of ether oxygens (including phenoxy) is 2. The van der Waals surface area contributed by atoms with Crippen LogP contribution < -0.4 is 4.90 Å². The maximum absolute atomic E-state index is 14.0. The van der Waals surface area contributed by atoms with Gasteiger partial charge >= 0.3 is 12.2 Å². The van der Waals surface area contributed by atoms with Gasteiger partial charge in [0.05, 0.1) is 29.1 Å². The molecule has 42 heavy (non-hydrogen) atoms. The quantitative estimate of drug-likeness (QED) is 0.232. The minimum Gasteiger partial charge on any atom is -0.443 e. The summed E-state index contributed by atoms with van der Waals surface area (Å²) in [7, 11) is 0. The molecule has 0 fully saturated rings. The van der Waals surface area contributed by atoms with E-state index in [1.165, 1.54) is 26.2 Å². The van der Waals surface area contributed by atoms with Crippen molar-refractivity contribution >= 4 is 34.6 Å². The Bertz CT molecular complexity index is 1780. The number of hydrogen-bond donors (Lipinski definition) is 0. The van der Waals surface area contributed by atoms with Crippen LogP contribution in [0.4, 0.5) is 19.9 Å². The van der Waals surface area contributed by atoms with Gasteiger partial charge in [0.1, 0.15) is 17.0 Å². The molecule has 5 rings (SSSR count). The molecule has 218 valence electrons. The first-order valence-corrected chi connectivity index (χ1v) is 13.6. The number of carbonyl (C=O) groups excluding carboxylic acids is 2. The summed E-state index contributed by atoms with van der Waals surface area (Å²) in [6.07, 6.45) is 5.18. The van der Waals surface area contributed by atoms with E-state index < -0.39 is 29.2 Å². The minimum absolute atomic E-state index is 0.143. The van der Waals surface area contributed by atoms with E-state index in [-0.39, 0.29) is 12.5 Å². The maximum atomic E-state index is 14.0. The smallest absolute Gasteiger partial charge is 0.419 e. The Labute approximate surface area is 242 Å². The number of para-hydroxylation sites is 1. The molecule has 1 amide bonds. The van der Waals surface area contributed by atoms with Gasteiger partial charge in [0.25, 0.3) is 0 Å². The van der Waals surface area contributed by atoms with Crippen LogP contribution in [0.3, 0.4) is 0 Å². The van der Waals surface area contributed by atoms with Gasteiger partial charge in [-0.25, -0.2) is 23.9 Å². The fourth-order valence-corrected chi connectivity index (χ4v) is 4.53. The molecule has 0 saturated heterocycles. The molecule has 0 bridgehead atoms. The molecule has 11 heteroatoms. The molecule has 0 radical (unpaired) electrons. The molecule has 0 aliphatic heterocycles. The molecule has 0 aliphatic rings. The Kier molecular flexibility index (Phi) is 7.44. The highest BCUT2D eigenvalue weighted by Crippen LogP contribution is 2.27. The van der Waals surface area contributed by atoms with Gasteiger partial charge in [0, 0.05) is 29.9 Å². The molecule has 0 atom stereocenters. The van der Waals surface area contributed by atoms with Crippen LogP contribution in [0.2, 0.25) is 0 Å². The second-order valence-corrected chi connectivity index (χ2v) is 11.9. The predicted molar refractivity (Wildman–Crippen MR) is 157 cm³/mol. The number of fused-ring (bicyclic) bond motifs is 2. The standard InChI is InChI=1S/C31H33FN6O4/c1-30(2,3)41-28(39)36(27-35-25(16-23-11-13-34-38(23)27)21-15-22(32)18-33-17-21)14-12-20-19-37(29(40)42-31(4,5)6)26-10-8-7-9-24(20)26/h7-11,13,15-19H,12,14H2,1-6H3. The average molecular weight is 573 g/mol. The van der Waals surface area contributed by atoms with Crippen molar-refractivity contribution in [3.05, 3.63) is 78.6 Å². The number of amides is 1. The van der Waals surface area contributed by atoms with Crippen molar-refractivity contribution in [1.29, 1.82) is 0 Å². The number of rotatable bonds is 5. The normalized spacial score (nSPS) is 12.1. The maximum Gasteiger partial charge on any atom is 0.419 e. The highest BCUT2D eigenvalue weighted by Gasteiger charge is 2.28. The molecule has 5 aromatic rings. The minimum atomic E-state index is -0.782. The topological polar surface area (TPSA) is 104 Å². The fraction of sp³-hybridized carbons (Fsp3) is 0.323. The van der Waals surface area contributed by atoms with Crippen LogP contribution in [0, 0.1) is 5.82 Å². The number of aromatic nitrogens is 5. The Balaban J connectivity index is 1.57. The van der Waals surface area contributed by atoms with Crippen LogP contribution >= 0.6 is 0 Å². The Morgan fingerprint density at radius 2 is 1.71 bits per heavy atom. The van der Waals surface area contributed by atoms with E-state index in [1.807, 2.05) is 45.0 Å². The van der Waals surface area contributed by atoms with Crippen molar-refractivity contribution in [2.75, 3.05) is 11.4 Å². The highest BCUT2D eigenvalue weighted by molar-refractivity contribution is 5.92. The van der Waals surface area contributed by atoms with Crippen LogP contribution in [0.5, 0.6) is 0 Å². The van der Waals surface area contributed by atoms with E-state index in [0.717, 1.165) is 17.1 Å². The largest absolute Gasteiger partial charge is 0.443 e. The van der Waals surface area contributed by atoms with Gasteiger partial charge in [-0.15, -0.1) is 0 Å². The number of nitrogens with zero attached hydrogens (tertiary/aromatic N) is 6. The zero-order valence-corrected chi connectivity index (χ0v) is 24.5. The van der Waals surface area contributed by atoms with Gasteiger partial charge in [-0.1, -0.05) is 18.2 Å². The van der Waals surface area contributed by atoms with E-state index in [4.69, 9.17) is 14.5 Å². The average Bonchev–Trinajstić information content (AvgIpc) is 3.52. The first-order chi connectivity index (χ1) is 19.8. The third-order valence-electron chi connectivity index (χ3n) is 6.21. The summed E-state index contributed by atoms with van der Waals surface area (Å²) in [6.45, 7) is 10.9. The molecule has 10 nitrogen and oxygen atoms in total. The monoisotopic (exact) mass is 572 g/mol. The van der Waals surface area contributed by atoms with Gasteiger partial charge in [-0.05, 0) is 77.8 Å². The van der Waals surface area contributed by atoms with Crippen molar-refractivity contribution in [3.8, 4) is 11.3 Å². The van der Waals surface area contributed by atoms with E-state index in [9.17, 15) is 14.0 Å². The van der Waals surface area contributed by atoms with E-state index in [1.54, 1.807) is 45.3 Å². The second kappa shape index (κ2) is 10.9. The van der Waals surface area contributed by atoms with Crippen LogP contribution in [0.1, 0.15) is 47.1 Å². The molecule has 0 saturated carbocycles. The van der Waals surface area contributed by atoms with Crippen LogP contribution in [0.25, 0.3) is 27.7 Å². The number of benzene rings is 1. The van der Waals surface area contributed by atoms with Crippen molar-refractivity contribution in [3.63, 3.8) is 0 Å². The molecule has 4 aromatic heterocycles. The third kappa shape index (κ3) is 6.24. The lowest BCUT2D eigenvalue weighted by Crippen LogP contribution is -2.39. The number of pyridine rings is 1. The molecule has 0 spiro atoms. The van der Waals surface area contributed by atoms with Crippen molar-refractivity contribution in [2.45, 2.75) is 59.2 Å². The summed E-state index contributed by atoms with van der Waals surface area (Å²) in [6, 6.07) is 12.4. The van der Waals surface area contributed by atoms with Crippen molar-refractivity contribution in [2.24, 2.45) is 0 Å². The third-order valence-corrected chi connectivity index (χ3v) is 6.21. The summed E-state index contributed by atoms with van der Waals surface area (Å²) in [4.78, 5) is 36.8. The first kappa shape index (κ1) is 28.7. The van der Waals surface area contributed by atoms with E-state index in [2.05, 4.69) is 10.1 Å². The number of halogens is 1. The van der Waals surface area contributed by atoms with Crippen LogP contribution in [-0.2, 0) is 15.9 Å². The molecule has 4 heterocycles. The second-order valence-electron chi connectivity index (χ2n) is 11.9. The van der Waals surface area contributed by atoms with Crippen LogP contribution in [-0.4, -0.2) is 54.1 Å². The molecular formula is C31H33FN6O4. The summed E-state index contributed by atoms with van der Waals surface area (Å²) in [5, 5.41) is 5.24. The predicted octanol–water partition coefficient (Wildman–Crippen LogP) is 6.65. The number of anilines is 1. The summed E-state index contributed by atoms with van der Waals surface area (Å²) >= 11 is 0. The molecule has 1 aromatic carbocycles. The Morgan fingerprint density at radius 3 is 2.43 bits per heavy atom. The number of carbonyl (C=O) groups is 2. The zero-order valence-electron chi connectivity index (χ0n) is 24.5. The number of hydrogen-bond acceptors (Lipinski definition) is 7. The lowest BCUT2D eigenvalue weighted by atomic mass is 10.1. The molecule has 0 aliphatic carbocycles. The van der Waals surface area contributed by atoms with Gasteiger partial charge < -0.3 is 9.47 Å². The fourth-order valence-electron chi connectivity index (χ4n) is 4.53. The Hall–Kier alpha value is -4.80. The first-order valence-electron chi connectivity index (χ1n) is 13.6. The summed E-state index contributed by atoms with van der Waals surface area (Å²) < 4.78 is 28.4. The molecule has 0 N–H and O–H groups in total. The SMILES string of the molecule is CC(C)(C)OC(=O)N(CCc1cn(C(=O)OC(C)(C)C)c2ccccc12)c1nc(-c2cncc(F)c2)cc2ccnn12. The lowest BCUT2D eigenvalue weighted by Gasteiger charge is -2.27. The summed E-state index contributed by atoms with van der Waals surface area (Å²) in [5.74, 6) is -0.309. The van der Waals surface area contributed by atoms with Crippen molar-refractivity contribution in [1.82, 2.24) is 24.1 Å². The lowest BCUT2D eigenvalue weighted by molar-refractivity contribution is 0.0540. The van der Waals surface area contributed by atoms with Gasteiger partial charge in [-0.3, -0.25) is 9.55 Å². The molecular weight excluding hydrogens is 539 g/mol. The molecule has 0 unspecified atom stereocenters. The van der Waals surface area contributed by atoms with E-state index in [0.29, 0.717) is 28.7 Å². The van der Waals surface area contributed by atoms with Crippen LogP contribution in [0.15, 0.2) is 67.3 Å². The van der Waals surface area contributed by atoms with Crippen molar-refractivity contribution < 1.29 is 23.5 Å². The van der Waals surface area contributed by atoms with Gasteiger partial charge in [-0.2, -0.15) is 9.61 Å². The Morgan fingerprint density at radius 1 is 0.976 bits per heavy atom. The van der Waals surface area contributed by atoms with Gasteiger partial charge in [0.15, 0.2) is 0 Å². The van der Waals surface area contributed by atoms with E-state index >= 15 is 0 Å². The summed E-state index contributed by atoms with van der Waals surface area (Å²) in [5.41, 5.74) is 1.58. The van der Waals surface area contributed by atoms with Gasteiger partial charge in [0.2, 0.25) is 5.95 Å². The zero-order chi connectivity index (χ0) is 30.2. The highest BCUT2D eigenvalue weighted by atomic mass is 19.1.